The van der Waals surface area contributed by atoms with E-state index in [9.17, 15) is 9.90 Å². The summed E-state index contributed by atoms with van der Waals surface area (Å²) in [6.07, 6.45) is 3.68. The van der Waals surface area contributed by atoms with Crippen molar-refractivity contribution in [2.45, 2.75) is 38.8 Å². The molecule has 5 nitrogen and oxygen atoms in total. The van der Waals surface area contributed by atoms with E-state index in [-0.39, 0.29) is 6.04 Å². The van der Waals surface area contributed by atoms with Crippen LogP contribution in [0.4, 0.5) is 0 Å². The van der Waals surface area contributed by atoms with Gasteiger partial charge in [-0.05, 0) is 26.8 Å². The Morgan fingerprint density at radius 2 is 2.41 bits per heavy atom. The maximum absolute atomic E-state index is 11.3. The molecule has 0 fully saturated rings. The van der Waals surface area contributed by atoms with E-state index in [0.717, 1.165) is 0 Å². The number of carbonyl (C=O) groups is 1. The highest BCUT2D eigenvalue weighted by Crippen LogP contribution is 2.22. The van der Waals surface area contributed by atoms with Gasteiger partial charge < -0.3 is 10.4 Å². The zero-order chi connectivity index (χ0) is 13.1. The van der Waals surface area contributed by atoms with Crippen molar-refractivity contribution in [1.29, 1.82) is 0 Å². The molecule has 0 aromatic carbocycles. The predicted molar refractivity (Wildman–Crippen MR) is 66.3 cm³/mol. The molecule has 0 radical (unpaired) electrons. The summed E-state index contributed by atoms with van der Waals surface area (Å²) in [4.78, 5) is 11.3. The van der Waals surface area contributed by atoms with Crippen molar-refractivity contribution in [1.82, 2.24) is 15.1 Å². The molecule has 0 amide bonds. The number of rotatable bonds is 6. The molecule has 6 heteroatoms. The summed E-state index contributed by atoms with van der Waals surface area (Å²) in [5.41, 5.74) is -0.952. The van der Waals surface area contributed by atoms with Gasteiger partial charge in [0, 0.05) is 6.20 Å². The molecule has 0 aliphatic carbocycles. The maximum Gasteiger partial charge on any atom is 0.323 e. The van der Waals surface area contributed by atoms with Crippen molar-refractivity contribution in [3.8, 4) is 0 Å². The molecule has 1 heterocycles. The lowest BCUT2D eigenvalue weighted by Crippen LogP contribution is -2.50. The van der Waals surface area contributed by atoms with E-state index in [1.54, 1.807) is 24.0 Å². The predicted octanol–water partition coefficient (Wildman–Crippen LogP) is 1.94. The van der Waals surface area contributed by atoms with Crippen molar-refractivity contribution >= 4 is 17.6 Å². The van der Waals surface area contributed by atoms with Gasteiger partial charge in [0.05, 0.1) is 17.3 Å². The Morgan fingerprint density at radius 3 is 2.82 bits per heavy atom. The summed E-state index contributed by atoms with van der Waals surface area (Å²) < 4.78 is 1.68. The molecule has 2 atom stereocenters. The molecule has 0 aliphatic rings. The average molecular weight is 260 g/mol. The molecule has 2 unspecified atom stereocenters. The molecule has 96 valence electrons. The Kier molecular flexibility index (Phi) is 4.54. The van der Waals surface area contributed by atoms with Crippen LogP contribution in [0.15, 0.2) is 12.4 Å². The first kappa shape index (κ1) is 14.0. The second-order valence-corrected chi connectivity index (χ2v) is 4.80. The summed E-state index contributed by atoms with van der Waals surface area (Å²) >= 11 is 5.78. The molecule has 0 spiro atoms. The van der Waals surface area contributed by atoms with Crippen LogP contribution in [-0.4, -0.2) is 32.9 Å². The highest BCUT2D eigenvalue weighted by atomic mass is 35.5. The van der Waals surface area contributed by atoms with Gasteiger partial charge in [0.2, 0.25) is 0 Å². The van der Waals surface area contributed by atoms with Gasteiger partial charge in [0.15, 0.2) is 0 Å². The Bertz CT molecular complexity index is 394. The molecule has 0 saturated heterocycles. The van der Waals surface area contributed by atoms with E-state index in [2.05, 4.69) is 10.4 Å². The van der Waals surface area contributed by atoms with E-state index >= 15 is 0 Å². The summed E-state index contributed by atoms with van der Waals surface area (Å²) in [6, 6.07) is -0.0392. The van der Waals surface area contributed by atoms with Gasteiger partial charge in [-0.3, -0.25) is 9.48 Å². The van der Waals surface area contributed by atoms with Gasteiger partial charge in [-0.2, -0.15) is 5.10 Å². The third-order valence-electron chi connectivity index (χ3n) is 2.76. The SMILES string of the molecule is CCNC(C)(CC(C)n1cc(Cl)cn1)C(=O)O. The van der Waals surface area contributed by atoms with Crippen molar-refractivity contribution in [2.75, 3.05) is 6.54 Å². The molecule has 1 rings (SSSR count). The van der Waals surface area contributed by atoms with E-state index in [0.29, 0.717) is 18.0 Å². The molecule has 1 aromatic rings. The zero-order valence-electron chi connectivity index (χ0n) is 10.3. The fraction of sp³-hybridized carbons (Fsp3) is 0.636. The molecule has 0 bridgehead atoms. The first-order valence-corrected chi connectivity index (χ1v) is 5.95. The first-order valence-electron chi connectivity index (χ1n) is 5.57. The minimum atomic E-state index is -0.952. The topological polar surface area (TPSA) is 67.2 Å². The van der Waals surface area contributed by atoms with Crippen LogP contribution >= 0.6 is 11.6 Å². The quantitative estimate of drug-likeness (QED) is 0.819. The van der Waals surface area contributed by atoms with Crippen molar-refractivity contribution in [3.63, 3.8) is 0 Å². The van der Waals surface area contributed by atoms with E-state index in [1.165, 1.54) is 0 Å². The monoisotopic (exact) mass is 259 g/mol. The van der Waals surface area contributed by atoms with Crippen LogP contribution in [-0.2, 0) is 4.79 Å². The van der Waals surface area contributed by atoms with Crippen LogP contribution in [0.3, 0.4) is 0 Å². The highest BCUT2D eigenvalue weighted by Gasteiger charge is 2.34. The number of halogens is 1. The Labute approximate surface area is 106 Å². The van der Waals surface area contributed by atoms with E-state index in [1.807, 2.05) is 13.8 Å². The summed E-state index contributed by atoms with van der Waals surface area (Å²) in [5, 5.41) is 16.9. The van der Waals surface area contributed by atoms with Gasteiger partial charge in [-0.1, -0.05) is 18.5 Å². The Hall–Kier alpha value is -1.07. The fourth-order valence-corrected chi connectivity index (χ4v) is 2.01. The number of aromatic nitrogens is 2. The second-order valence-electron chi connectivity index (χ2n) is 4.36. The van der Waals surface area contributed by atoms with Gasteiger partial charge in [0.25, 0.3) is 0 Å². The number of carboxylic acid groups (broad SMARTS) is 1. The number of aliphatic carboxylic acids is 1. The molecule has 17 heavy (non-hydrogen) atoms. The summed E-state index contributed by atoms with van der Waals surface area (Å²) in [7, 11) is 0. The highest BCUT2D eigenvalue weighted by molar-refractivity contribution is 6.30. The standard InChI is InChI=1S/C11H18ClN3O2/c1-4-13-11(3,10(16)17)5-8(2)15-7-9(12)6-14-15/h6-8,13H,4-5H2,1-3H3,(H,16,17). The fourth-order valence-electron chi connectivity index (χ4n) is 1.87. The van der Waals surface area contributed by atoms with Gasteiger partial charge >= 0.3 is 5.97 Å². The van der Waals surface area contributed by atoms with Crippen LogP contribution in [0.25, 0.3) is 0 Å². The maximum atomic E-state index is 11.3. The smallest absolute Gasteiger partial charge is 0.323 e. The second kappa shape index (κ2) is 5.51. The van der Waals surface area contributed by atoms with Crippen LogP contribution in [0.5, 0.6) is 0 Å². The molecule has 1 aromatic heterocycles. The minimum Gasteiger partial charge on any atom is -0.480 e. The summed E-state index contributed by atoms with van der Waals surface area (Å²) in [6.45, 7) is 6.09. The first-order chi connectivity index (χ1) is 7.89. The van der Waals surface area contributed by atoms with Crippen LogP contribution in [0, 0.1) is 0 Å². The lowest BCUT2D eigenvalue weighted by molar-refractivity contribution is -0.144. The third kappa shape index (κ3) is 3.44. The lowest BCUT2D eigenvalue weighted by Gasteiger charge is -2.28. The number of carboxylic acids is 1. The number of nitrogens with one attached hydrogen (secondary N) is 1. The van der Waals surface area contributed by atoms with Crippen molar-refractivity contribution in [2.24, 2.45) is 0 Å². The number of likely N-dealkylation sites (N-methyl/N-ethyl adjacent to an activating group) is 1. The molecular formula is C11H18ClN3O2. The van der Waals surface area contributed by atoms with E-state index in [4.69, 9.17) is 11.6 Å². The molecule has 0 saturated carbocycles. The molecular weight excluding hydrogens is 242 g/mol. The molecule has 2 N–H and O–H groups in total. The number of hydrogen-bond donors (Lipinski definition) is 2. The van der Waals surface area contributed by atoms with Crippen LogP contribution < -0.4 is 5.32 Å². The van der Waals surface area contributed by atoms with Crippen LogP contribution in [0.2, 0.25) is 5.02 Å². The van der Waals surface area contributed by atoms with Gasteiger partial charge in [-0.15, -0.1) is 0 Å². The average Bonchev–Trinajstić information content (AvgIpc) is 2.65. The Morgan fingerprint density at radius 1 is 1.76 bits per heavy atom. The van der Waals surface area contributed by atoms with E-state index < -0.39 is 11.5 Å². The zero-order valence-corrected chi connectivity index (χ0v) is 11.0. The Balaban J connectivity index is 2.77. The normalized spacial score (nSPS) is 16.5. The minimum absolute atomic E-state index is 0.0392. The van der Waals surface area contributed by atoms with Gasteiger partial charge in [0.1, 0.15) is 5.54 Å². The molecule has 0 aliphatic heterocycles. The van der Waals surface area contributed by atoms with Gasteiger partial charge in [-0.25, -0.2) is 0 Å². The number of nitrogens with zero attached hydrogens (tertiary/aromatic N) is 2. The largest absolute Gasteiger partial charge is 0.480 e. The summed E-state index contributed by atoms with van der Waals surface area (Å²) in [5.74, 6) is -0.857. The van der Waals surface area contributed by atoms with Crippen molar-refractivity contribution < 1.29 is 9.90 Å². The van der Waals surface area contributed by atoms with Crippen molar-refractivity contribution in [3.05, 3.63) is 17.4 Å². The lowest BCUT2D eigenvalue weighted by atomic mass is 9.93. The van der Waals surface area contributed by atoms with Crippen LogP contribution in [0.1, 0.15) is 33.2 Å². The third-order valence-corrected chi connectivity index (χ3v) is 2.96. The number of hydrogen-bond acceptors (Lipinski definition) is 3.